The lowest BCUT2D eigenvalue weighted by Gasteiger charge is -2.31. The van der Waals surface area contributed by atoms with Gasteiger partial charge in [0.25, 0.3) is 0 Å². The molecule has 0 bridgehead atoms. The van der Waals surface area contributed by atoms with Gasteiger partial charge in [-0.25, -0.2) is 16.8 Å². The Balaban J connectivity index is 2.30. The van der Waals surface area contributed by atoms with Crippen LogP contribution in [0.15, 0.2) is 16.3 Å². The predicted octanol–water partition coefficient (Wildman–Crippen LogP) is 0.0144. The summed E-state index contributed by atoms with van der Waals surface area (Å²) in [7, 11) is -6.76. The van der Waals surface area contributed by atoms with Crippen LogP contribution in [0, 0.1) is 0 Å². The number of thiophene rings is 1. The van der Waals surface area contributed by atoms with Crippen molar-refractivity contribution in [1.82, 2.24) is 4.31 Å². The fourth-order valence-electron chi connectivity index (χ4n) is 2.08. The van der Waals surface area contributed by atoms with Gasteiger partial charge in [-0.05, 0) is 13.0 Å². The van der Waals surface area contributed by atoms with Crippen LogP contribution >= 0.6 is 11.3 Å². The van der Waals surface area contributed by atoms with E-state index in [0.29, 0.717) is 6.54 Å². The minimum Gasteiger partial charge on any atom is -0.326 e. The van der Waals surface area contributed by atoms with Gasteiger partial charge in [0.05, 0.1) is 16.4 Å². The predicted molar refractivity (Wildman–Crippen MR) is 74.2 cm³/mol. The summed E-state index contributed by atoms with van der Waals surface area (Å²) in [6, 6.07) is 1.01. The Labute approximate surface area is 117 Å². The minimum absolute atomic E-state index is 0.0135. The summed E-state index contributed by atoms with van der Waals surface area (Å²) >= 11 is 1.29. The molecule has 1 aliphatic heterocycles. The first-order valence-corrected chi connectivity index (χ1v) is 9.90. The van der Waals surface area contributed by atoms with E-state index in [2.05, 4.69) is 0 Å². The molecular formula is C10H16N2O4S3. The number of hydrogen-bond acceptors (Lipinski definition) is 6. The molecule has 1 aromatic rings. The summed E-state index contributed by atoms with van der Waals surface area (Å²) in [5, 5.41) is 1.55. The normalized spacial score (nSPS) is 24.4. The summed E-state index contributed by atoms with van der Waals surface area (Å²) in [6.45, 7) is 1.92. The molecule has 2 N–H and O–H groups in total. The maximum atomic E-state index is 12.4. The first-order valence-electron chi connectivity index (χ1n) is 5.76. The molecule has 0 radical (unpaired) electrons. The molecule has 1 unspecified atom stereocenters. The van der Waals surface area contributed by atoms with Crippen molar-refractivity contribution in [2.24, 2.45) is 5.73 Å². The standard InChI is InChI=1S/C10H16N2O4S3/c1-8-7-18(13,14)3-2-12(8)19(15,16)10-4-9(5-11)17-6-10/h4,6,8H,2-3,5,7,11H2,1H3. The smallest absolute Gasteiger partial charge is 0.244 e. The van der Waals surface area contributed by atoms with Crippen LogP contribution < -0.4 is 5.73 Å². The molecule has 108 valence electrons. The maximum absolute atomic E-state index is 12.4. The lowest BCUT2D eigenvalue weighted by Crippen LogP contribution is -2.49. The van der Waals surface area contributed by atoms with E-state index in [1.54, 1.807) is 18.4 Å². The molecule has 1 atom stereocenters. The topological polar surface area (TPSA) is 97.5 Å². The fraction of sp³-hybridized carbons (Fsp3) is 0.600. The number of nitrogens with two attached hydrogens (primary N) is 1. The Morgan fingerprint density at radius 2 is 2.21 bits per heavy atom. The van der Waals surface area contributed by atoms with Gasteiger partial charge in [-0.1, -0.05) is 0 Å². The zero-order chi connectivity index (χ0) is 14.3. The van der Waals surface area contributed by atoms with E-state index in [1.807, 2.05) is 0 Å². The van der Waals surface area contributed by atoms with Gasteiger partial charge in [-0.15, -0.1) is 11.3 Å². The second-order valence-corrected chi connectivity index (χ2v) is 9.65. The van der Waals surface area contributed by atoms with Crippen LogP contribution in [0.3, 0.4) is 0 Å². The van der Waals surface area contributed by atoms with Crippen LogP contribution in [-0.2, 0) is 26.4 Å². The van der Waals surface area contributed by atoms with Crippen LogP contribution in [0.1, 0.15) is 11.8 Å². The Morgan fingerprint density at radius 1 is 1.53 bits per heavy atom. The van der Waals surface area contributed by atoms with Gasteiger partial charge < -0.3 is 5.73 Å². The second-order valence-electron chi connectivity index (χ2n) is 4.53. The lowest BCUT2D eigenvalue weighted by atomic mass is 10.4. The summed E-state index contributed by atoms with van der Waals surface area (Å²) in [6.07, 6.45) is 0. The van der Waals surface area contributed by atoms with E-state index in [1.165, 1.54) is 15.6 Å². The molecule has 0 aromatic carbocycles. The van der Waals surface area contributed by atoms with E-state index < -0.39 is 25.9 Å². The molecule has 1 saturated heterocycles. The molecule has 1 aliphatic rings. The maximum Gasteiger partial charge on any atom is 0.244 e. The Kier molecular flexibility index (Phi) is 4.03. The highest BCUT2D eigenvalue weighted by molar-refractivity contribution is 7.92. The van der Waals surface area contributed by atoms with Crippen molar-refractivity contribution in [2.45, 2.75) is 24.4 Å². The zero-order valence-corrected chi connectivity index (χ0v) is 12.9. The SMILES string of the molecule is CC1CS(=O)(=O)CCN1S(=O)(=O)c1csc(CN)c1. The third-order valence-corrected chi connectivity index (χ3v) is 7.94. The first-order chi connectivity index (χ1) is 8.76. The fourth-order valence-corrected chi connectivity index (χ4v) is 6.62. The van der Waals surface area contributed by atoms with Crippen LogP contribution in [0.4, 0.5) is 0 Å². The van der Waals surface area contributed by atoms with Gasteiger partial charge in [0.1, 0.15) is 0 Å². The molecule has 0 amide bonds. The molecule has 9 heteroatoms. The molecule has 0 saturated carbocycles. The van der Waals surface area contributed by atoms with E-state index >= 15 is 0 Å². The van der Waals surface area contributed by atoms with Crippen LogP contribution in [0.5, 0.6) is 0 Å². The van der Waals surface area contributed by atoms with Crippen molar-refractivity contribution in [2.75, 3.05) is 18.1 Å². The van der Waals surface area contributed by atoms with Gasteiger partial charge in [-0.2, -0.15) is 4.31 Å². The largest absolute Gasteiger partial charge is 0.326 e. The average molecular weight is 324 g/mol. The highest BCUT2D eigenvalue weighted by Gasteiger charge is 2.36. The highest BCUT2D eigenvalue weighted by Crippen LogP contribution is 2.26. The third kappa shape index (κ3) is 3.00. The summed E-state index contributed by atoms with van der Waals surface area (Å²) in [4.78, 5) is 0.986. The molecular weight excluding hydrogens is 308 g/mol. The van der Waals surface area contributed by atoms with E-state index in [4.69, 9.17) is 5.73 Å². The van der Waals surface area contributed by atoms with Gasteiger partial charge in [-0.3, -0.25) is 0 Å². The van der Waals surface area contributed by atoms with Gasteiger partial charge in [0.15, 0.2) is 9.84 Å². The lowest BCUT2D eigenvalue weighted by molar-refractivity contribution is 0.357. The molecule has 1 aromatic heterocycles. The molecule has 2 rings (SSSR count). The van der Waals surface area contributed by atoms with Crippen molar-refractivity contribution in [1.29, 1.82) is 0 Å². The Hall–Kier alpha value is -0.480. The van der Waals surface area contributed by atoms with Crippen LogP contribution in [0.2, 0.25) is 0 Å². The first kappa shape index (κ1) is 14.9. The number of nitrogens with zero attached hydrogens (tertiary/aromatic N) is 1. The second kappa shape index (κ2) is 5.13. The summed E-state index contributed by atoms with van der Waals surface area (Å²) in [5.41, 5.74) is 5.47. The monoisotopic (exact) mass is 324 g/mol. The van der Waals surface area contributed by atoms with Crippen LogP contribution in [-0.4, -0.2) is 45.2 Å². The molecule has 1 fully saturated rings. The third-order valence-electron chi connectivity index (χ3n) is 3.05. The molecule has 2 heterocycles. The average Bonchev–Trinajstić information content (AvgIpc) is 2.76. The van der Waals surface area contributed by atoms with E-state index in [0.717, 1.165) is 4.88 Å². The van der Waals surface area contributed by atoms with Crippen molar-refractivity contribution in [3.05, 3.63) is 16.3 Å². The molecule has 19 heavy (non-hydrogen) atoms. The zero-order valence-electron chi connectivity index (χ0n) is 10.4. The summed E-state index contributed by atoms with van der Waals surface area (Å²) < 4.78 is 49.1. The van der Waals surface area contributed by atoms with Crippen molar-refractivity contribution < 1.29 is 16.8 Å². The number of rotatable bonds is 3. The Morgan fingerprint density at radius 3 is 2.74 bits per heavy atom. The van der Waals surface area contributed by atoms with Gasteiger partial charge >= 0.3 is 0 Å². The minimum atomic E-state index is -3.63. The summed E-state index contributed by atoms with van der Waals surface area (Å²) in [5.74, 6) is -0.245. The van der Waals surface area contributed by atoms with E-state index in [-0.39, 0.29) is 22.9 Å². The molecule has 0 aliphatic carbocycles. The number of sulfone groups is 1. The molecule has 0 spiro atoms. The van der Waals surface area contributed by atoms with Gasteiger partial charge in [0.2, 0.25) is 10.0 Å². The molecule has 6 nitrogen and oxygen atoms in total. The van der Waals surface area contributed by atoms with Crippen LogP contribution in [0.25, 0.3) is 0 Å². The van der Waals surface area contributed by atoms with Crippen molar-refractivity contribution in [3.8, 4) is 0 Å². The van der Waals surface area contributed by atoms with E-state index in [9.17, 15) is 16.8 Å². The number of hydrogen-bond donors (Lipinski definition) is 1. The van der Waals surface area contributed by atoms with Gasteiger partial charge in [0, 0.05) is 29.4 Å². The number of sulfonamides is 1. The Bertz CT molecular complexity index is 663. The van der Waals surface area contributed by atoms with Crippen molar-refractivity contribution >= 4 is 31.2 Å². The quantitative estimate of drug-likeness (QED) is 0.845. The highest BCUT2D eigenvalue weighted by atomic mass is 32.2. The van der Waals surface area contributed by atoms with Crippen molar-refractivity contribution in [3.63, 3.8) is 0 Å².